The normalized spacial score (nSPS) is 10.9. The van der Waals surface area contributed by atoms with Crippen LogP contribution in [0.3, 0.4) is 0 Å². The van der Waals surface area contributed by atoms with Crippen molar-refractivity contribution in [3.8, 4) is 0 Å². The maximum absolute atomic E-state index is 11.6. The molecule has 7 heteroatoms. The van der Waals surface area contributed by atoms with Gasteiger partial charge in [-0.15, -0.1) is 0 Å². The highest BCUT2D eigenvalue weighted by molar-refractivity contribution is 5.76. The lowest BCUT2D eigenvalue weighted by Gasteiger charge is -2.15. The average molecular weight is 294 g/mol. The summed E-state index contributed by atoms with van der Waals surface area (Å²) in [6.07, 6.45) is 0.387. The monoisotopic (exact) mass is 294 g/mol. The number of hydrogen-bond donors (Lipinski definition) is 2. The summed E-state index contributed by atoms with van der Waals surface area (Å²) in [5, 5.41) is 5.94. The van der Waals surface area contributed by atoms with E-state index in [9.17, 15) is 4.79 Å². The topological polar surface area (TPSA) is 83.0 Å². The van der Waals surface area contributed by atoms with Crippen LogP contribution in [0.2, 0.25) is 0 Å². The molecule has 0 aliphatic rings. The first-order valence-electron chi connectivity index (χ1n) is 7.26. The van der Waals surface area contributed by atoms with Crippen molar-refractivity contribution in [2.75, 3.05) is 30.9 Å². The molecule has 0 saturated carbocycles. The highest BCUT2D eigenvalue weighted by Gasteiger charge is 2.11. The molecule has 0 radical (unpaired) electrons. The Morgan fingerprint density at radius 1 is 1.14 bits per heavy atom. The minimum absolute atomic E-state index is 0.0171. The fourth-order valence-electron chi connectivity index (χ4n) is 1.60. The fourth-order valence-corrected chi connectivity index (χ4v) is 1.60. The second-order valence-corrected chi connectivity index (χ2v) is 5.77. The van der Waals surface area contributed by atoms with Crippen LogP contribution in [-0.2, 0) is 4.79 Å². The third-order valence-electron chi connectivity index (χ3n) is 2.64. The van der Waals surface area contributed by atoms with E-state index in [0.29, 0.717) is 24.9 Å². The van der Waals surface area contributed by atoms with E-state index in [2.05, 4.69) is 25.6 Å². The zero-order valence-corrected chi connectivity index (χ0v) is 13.8. The SMILES string of the molecule is CC(C)NC(=O)CCNc1nc(C(C)C)nc(N(C)C)n1. The molecule has 0 spiro atoms. The van der Waals surface area contributed by atoms with Gasteiger partial charge in [-0.1, -0.05) is 13.8 Å². The van der Waals surface area contributed by atoms with Gasteiger partial charge in [0, 0.05) is 39.0 Å². The Kier molecular flexibility index (Phi) is 6.33. The van der Waals surface area contributed by atoms with Gasteiger partial charge in [0.15, 0.2) is 0 Å². The lowest BCUT2D eigenvalue weighted by molar-refractivity contribution is -0.121. The minimum atomic E-state index is 0.0171. The zero-order chi connectivity index (χ0) is 16.0. The molecule has 0 aliphatic carbocycles. The number of anilines is 2. The summed E-state index contributed by atoms with van der Waals surface area (Å²) in [6, 6.07) is 0.155. The third-order valence-corrected chi connectivity index (χ3v) is 2.64. The molecule has 1 heterocycles. The standard InChI is InChI=1S/C14H26N6O/c1-9(2)12-17-13(19-14(18-12)20(5)6)15-8-7-11(21)16-10(3)4/h9-10H,7-8H2,1-6H3,(H,16,21)(H,15,17,18,19). The van der Waals surface area contributed by atoms with E-state index in [1.165, 1.54) is 0 Å². The number of nitrogens with zero attached hydrogens (tertiary/aromatic N) is 4. The van der Waals surface area contributed by atoms with Gasteiger partial charge in [0.25, 0.3) is 0 Å². The second kappa shape index (κ2) is 7.75. The van der Waals surface area contributed by atoms with Gasteiger partial charge >= 0.3 is 0 Å². The first kappa shape index (κ1) is 17.1. The van der Waals surface area contributed by atoms with Gasteiger partial charge in [-0.3, -0.25) is 4.79 Å². The molecular weight excluding hydrogens is 268 g/mol. The number of rotatable bonds is 7. The highest BCUT2D eigenvalue weighted by atomic mass is 16.1. The predicted octanol–water partition coefficient (Wildman–Crippen LogP) is 1.39. The first-order valence-corrected chi connectivity index (χ1v) is 7.26. The summed E-state index contributed by atoms with van der Waals surface area (Å²) in [6.45, 7) is 8.45. The van der Waals surface area contributed by atoms with Crippen LogP contribution in [0.1, 0.15) is 45.9 Å². The number of carbonyl (C=O) groups is 1. The van der Waals surface area contributed by atoms with Crippen LogP contribution in [0.15, 0.2) is 0 Å². The third kappa shape index (κ3) is 5.93. The van der Waals surface area contributed by atoms with Gasteiger partial charge < -0.3 is 15.5 Å². The molecule has 118 valence electrons. The Hall–Kier alpha value is -1.92. The Morgan fingerprint density at radius 2 is 1.81 bits per heavy atom. The van der Waals surface area contributed by atoms with Gasteiger partial charge in [-0.25, -0.2) is 0 Å². The maximum Gasteiger partial charge on any atom is 0.229 e. The van der Waals surface area contributed by atoms with Crippen molar-refractivity contribution >= 4 is 17.8 Å². The Bertz CT molecular complexity index is 446. The summed E-state index contributed by atoms with van der Waals surface area (Å²) >= 11 is 0. The molecule has 1 rings (SSSR count). The predicted molar refractivity (Wildman–Crippen MR) is 84.6 cm³/mol. The van der Waals surface area contributed by atoms with Crippen molar-refractivity contribution in [2.45, 2.75) is 46.1 Å². The van der Waals surface area contributed by atoms with Crippen molar-refractivity contribution in [1.29, 1.82) is 0 Å². The first-order chi connectivity index (χ1) is 9.79. The Morgan fingerprint density at radius 3 is 2.33 bits per heavy atom. The van der Waals surface area contributed by atoms with Crippen LogP contribution in [-0.4, -0.2) is 47.5 Å². The molecule has 2 N–H and O–H groups in total. The van der Waals surface area contributed by atoms with Crippen LogP contribution in [0.5, 0.6) is 0 Å². The van der Waals surface area contributed by atoms with Crippen molar-refractivity contribution in [2.24, 2.45) is 0 Å². The molecule has 0 unspecified atom stereocenters. The number of aromatic nitrogens is 3. The smallest absolute Gasteiger partial charge is 0.229 e. The molecule has 0 bridgehead atoms. The largest absolute Gasteiger partial charge is 0.354 e. The lowest BCUT2D eigenvalue weighted by Crippen LogP contribution is -2.31. The Balaban J connectivity index is 2.68. The van der Waals surface area contributed by atoms with Crippen LogP contribution in [0.25, 0.3) is 0 Å². The number of hydrogen-bond acceptors (Lipinski definition) is 6. The highest BCUT2D eigenvalue weighted by Crippen LogP contribution is 2.14. The van der Waals surface area contributed by atoms with Gasteiger partial charge in [-0.05, 0) is 13.8 Å². The summed E-state index contributed by atoms with van der Waals surface area (Å²) in [5.41, 5.74) is 0. The number of nitrogens with one attached hydrogen (secondary N) is 2. The van der Waals surface area contributed by atoms with Crippen LogP contribution in [0.4, 0.5) is 11.9 Å². The van der Waals surface area contributed by atoms with E-state index in [-0.39, 0.29) is 17.9 Å². The molecule has 7 nitrogen and oxygen atoms in total. The van der Waals surface area contributed by atoms with Gasteiger partial charge in [-0.2, -0.15) is 15.0 Å². The molecule has 0 atom stereocenters. The lowest BCUT2D eigenvalue weighted by atomic mass is 10.2. The summed E-state index contributed by atoms with van der Waals surface area (Å²) in [4.78, 5) is 26.5. The summed E-state index contributed by atoms with van der Waals surface area (Å²) < 4.78 is 0. The van der Waals surface area contributed by atoms with Gasteiger partial charge in [0.05, 0.1) is 0 Å². The minimum Gasteiger partial charge on any atom is -0.354 e. The summed E-state index contributed by atoms with van der Waals surface area (Å²) in [5.74, 6) is 2.10. The van der Waals surface area contributed by atoms with E-state index >= 15 is 0 Å². The van der Waals surface area contributed by atoms with E-state index in [4.69, 9.17) is 0 Å². The van der Waals surface area contributed by atoms with Crippen LogP contribution in [0, 0.1) is 0 Å². The van der Waals surface area contributed by atoms with Crippen molar-refractivity contribution in [1.82, 2.24) is 20.3 Å². The van der Waals surface area contributed by atoms with Crippen molar-refractivity contribution < 1.29 is 4.79 Å². The van der Waals surface area contributed by atoms with E-state index in [1.807, 2.05) is 46.7 Å². The molecule has 0 saturated heterocycles. The molecular formula is C14H26N6O. The fraction of sp³-hybridized carbons (Fsp3) is 0.714. The van der Waals surface area contributed by atoms with Gasteiger partial charge in [0.2, 0.25) is 17.8 Å². The molecule has 1 aromatic heterocycles. The van der Waals surface area contributed by atoms with E-state index in [1.54, 1.807) is 0 Å². The average Bonchev–Trinajstić information content (AvgIpc) is 2.37. The van der Waals surface area contributed by atoms with Crippen LogP contribution >= 0.6 is 0 Å². The molecule has 21 heavy (non-hydrogen) atoms. The molecule has 0 fully saturated rings. The van der Waals surface area contributed by atoms with Crippen molar-refractivity contribution in [3.05, 3.63) is 5.82 Å². The number of amides is 1. The molecule has 1 aromatic rings. The van der Waals surface area contributed by atoms with E-state index < -0.39 is 0 Å². The maximum atomic E-state index is 11.6. The Labute approximate surface area is 126 Å². The van der Waals surface area contributed by atoms with Crippen molar-refractivity contribution in [3.63, 3.8) is 0 Å². The second-order valence-electron chi connectivity index (χ2n) is 5.77. The van der Waals surface area contributed by atoms with Crippen LogP contribution < -0.4 is 15.5 Å². The van der Waals surface area contributed by atoms with Gasteiger partial charge in [0.1, 0.15) is 5.82 Å². The van der Waals surface area contributed by atoms with E-state index in [0.717, 1.165) is 5.82 Å². The quantitative estimate of drug-likeness (QED) is 0.790. The number of carbonyl (C=O) groups excluding carboxylic acids is 1. The summed E-state index contributed by atoms with van der Waals surface area (Å²) in [7, 11) is 3.78. The molecule has 1 amide bonds. The molecule has 0 aliphatic heterocycles. The zero-order valence-electron chi connectivity index (χ0n) is 13.8. The molecule has 0 aromatic carbocycles.